The number of Topliss-reactive ketones (excluding diaryl/α,β-unsaturated/α-hetero) is 1. The van der Waals surface area contributed by atoms with Gasteiger partial charge >= 0.3 is 0 Å². The number of nitrogens with one attached hydrogen (secondary N) is 1. The number of carbonyl (C=O) groups is 3. The summed E-state index contributed by atoms with van der Waals surface area (Å²) in [7, 11) is 3.01. The normalized spacial score (nSPS) is 26.0. The highest BCUT2D eigenvalue weighted by atomic mass is 16.5. The summed E-state index contributed by atoms with van der Waals surface area (Å²) >= 11 is 0. The van der Waals surface area contributed by atoms with Gasteiger partial charge in [-0.3, -0.25) is 19.7 Å². The van der Waals surface area contributed by atoms with Gasteiger partial charge in [0.2, 0.25) is 11.8 Å². The molecule has 4 atom stereocenters. The van der Waals surface area contributed by atoms with Gasteiger partial charge in [-0.2, -0.15) is 0 Å². The first-order chi connectivity index (χ1) is 14.5. The van der Waals surface area contributed by atoms with E-state index in [4.69, 9.17) is 9.47 Å². The number of methoxy groups -OCH3 is 2. The van der Waals surface area contributed by atoms with E-state index in [2.05, 4.69) is 5.32 Å². The van der Waals surface area contributed by atoms with E-state index < -0.39 is 23.8 Å². The number of rotatable bonds is 4. The van der Waals surface area contributed by atoms with Crippen LogP contribution in [0.15, 0.2) is 48.7 Å². The highest BCUT2D eigenvalue weighted by molar-refractivity contribution is 6.12. The summed E-state index contributed by atoms with van der Waals surface area (Å²) in [6.07, 6.45) is 3.74. The van der Waals surface area contributed by atoms with Crippen molar-refractivity contribution < 1.29 is 23.9 Å². The van der Waals surface area contributed by atoms with Crippen molar-refractivity contribution in [1.29, 1.82) is 0 Å². The summed E-state index contributed by atoms with van der Waals surface area (Å²) in [6.45, 7) is 0. The van der Waals surface area contributed by atoms with Crippen LogP contribution < -0.4 is 14.8 Å². The van der Waals surface area contributed by atoms with E-state index in [0.29, 0.717) is 17.1 Å². The molecule has 3 aliphatic rings. The van der Waals surface area contributed by atoms with Gasteiger partial charge in [0.15, 0.2) is 5.78 Å². The second-order valence-electron chi connectivity index (χ2n) is 7.62. The van der Waals surface area contributed by atoms with E-state index in [1.807, 2.05) is 41.4 Å². The highest BCUT2D eigenvalue weighted by Crippen LogP contribution is 2.51. The number of amides is 2. The molecule has 5 rings (SSSR count). The Bertz CT molecular complexity index is 1110. The molecule has 2 amide bonds. The smallest absolute Gasteiger partial charge is 0.233 e. The second-order valence-corrected chi connectivity index (χ2v) is 7.62. The Kier molecular flexibility index (Phi) is 4.13. The summed E-state index contributed by atoms with van der Waals surface area (Å²) in [5.74, 6) is -1.53. The molecule has 0 saturated carbocycles. The van der Waals surface area contributed by atoms with Crippen molar-refractivity contribution in [1.82, 2.24) is 10.2 Å². The maximum Gasteiger partial charge on any atom is 0.233 e. The average molecular weight is 404 g/mol. The highest BCUT2D eigenvalue weighted by Gasteiger charge is 2.61. The molecule has 0 unspecified atom stereocenters. The molecule has 152 valence electrons. The van der Waals surface area contributed by atoms with Crippen LogP contribution in [0.1, 0.15) is 27.5 Å². The predicted octanol–water partition coefficient (Wildman–Crippen LogP) is 2.19. The maximum absolute atomic E-state index is 13.8. The zero-order valence-electron chi connectivity index (χ0n) is 16.5. The van der Waals surface area contributed by atoms with Crippen molar-refractivity contribution in [3.05, 3.63) is 65.4 Å². The van der Waals surface area contributed by atoms with Gasteiger partial charge in [-0.1, -0.05) is 24.3 Å². The number of hydrogen-bond donors (Lipinski definition) is 1. The molecule has 1 N–H and O–H groups in total. The molecular weight excluding hydrogens is 384 g/mol. The number of ketones is 1. The van der Waals surface area contributed by atoms with Gasteiger partial charge < -0.3 is 14.4 Å². The van der Waals surface area contributed by atoms with Crippen LogP contribution >= 0.6 is 0 Å². The lowest BCUT2D eigenvalue weighted by atomic mass is 9.83. The molecule has 0 aliphatic carbocycles. The van der Waals surface area contributed by atoms with Crippen molar-refractivity contribution in [3.8, 4) is 11.5 Å². The molecule has 7 nitrogen and oxygen atoms in total. The summed E-state index contributed by atoms with van der Waals surface area (Å²) in [5, 5.41) is 2.43. The zero-order valence-corrected chi connectivity index (χ0v) is 16.5. The van der Waals surface area contributed by atoms with Gasteiger partial charge in [0.25, 0.3) is 0 Å². The number of fused-ring (bicyclic) bond motifs is 5. The van der Waals surface area contributed by atoms with Crippen LogP contribution in [0.5, 0.6) is 11.5 Å². The van der Waals surface area contributed by atoms with Crippen molar-refractivity contribution in [2.24, 2.45) is 11.8 Å². The molecule has 0 spiro atoms. The zero-order chi connectivity index (χ0) is 21.0. The summed E-state index contributed by atoms with van der Waals surface area (Å²) in [5.41, 5.74) is 2.24. The van der Waals surface area contributed by atoms with Gasteiger partial charge in [0.05, 0.1) is 37.7 Å². The fraction of sp³-hybridized carbons (Fsp3) is 0.261. The lowest BCUT2D eigenvalue weighted by molar-refractivity contribution is -0.127. The Labute approximate surface area is 173 Å². The molecule has 0 bridgehead atoms. The maximum atomic E-state index is 13.8. The minimum absolute atomic E-state index is 0.280. The van der Waals surface area contributed by atoms with Gasteiger partial charge in [0, 0.05) is 6.20 Å². The summed E-state index contributed by atoms with van der Waals surface area (Å²) in [4.78, 5) is 41.1. The standard InChI is InChI=1S/C23H20N2O5/c1-29-13-7-8-16(30-2)15(11-13)21(26)20-18-17(22(27)24-23(18)28)19-14-6-4-3-5-12(14)9-10-25(19)20/h3-11,17-20H,1-2H3,(H,24,27,28)/t17-,18+,19-,20+/m0/s1. The SMILES string of the molecule is COc1ccc(OC)c(C(=O)[C@H]2[C@@H]3C(=O)NC(=O)[C@@H]3[C@@H]3c4ccccc4C=CN23)c1. The molecular formula is C23H20N2O5. The predicted molar refractivity (Wildman–Crippen MR) is 108 cm³/mol. The lowest BCUT2D eigenvalue weighted by Crippen LogP contribution is -2.43. The van der Waals surface area contributed by atoms with Crippen molar-refractivity contribution >= 4 is 23.7 Å². The lowest BCUT2D eigenvalue weighted by Gasteiger charge is -2.34. The van der Waals surface area contributed by atoms with Gasteiger partial charge in [0.1, 0.15) is 17.5 Å². The van der Waals surface area contributed by atoms with Crippen LogP contribution in [-0.2, 0) is 9.59 Å². The van der Waals surface area contributed by atoms with Crippen LogP contribution in [0.25, 0.3) is 6.08 Å². The van der Waals surface area contributed by atoms with Crippen LogP contribution in [0.3, 0.4) is 0 Å². The third kappa shape index (κ3) is 2.48. The van der Waals surface area contributed by atoms with Crippen molar-refractivity contribution in [3.63, 3.8) is 0 Å². The van der Waals surface area contributed by atoms with E-state index in [9.17, 15) is 14.4 Å². The van der Waals surface area contributed by atoms with Crippen LogP contribution in [-0.4, -0.2) is 42.8 Å². The van der Waals surface area contributed by atoms with E-state index >= 15 is 0 Å². The molecule has 0 radical (unpaired) electrons. The molecule has 3 heterocycles. The van der Waals surface area contributed by atoms with Gasteiger partial charge in [-0.05, 0) is 35.4 Å². The second kappa shape index (κ2) is 6.73. The Morgan fingerprint density at radius 1 is 1.00 bits per heavy atom. The fourth-order valence-electron chi connectivity index (χ4n) is 4.94. The van der Waals surface area contributed by atoms with E-state index in [1.165, 1.54) is 14.2 Å². The molecule has 3 aliphatic heterocycles. The Balaban J connectivity index is 1.65. The first-order valence-electron chi connectivity index (χ1n) is 9.70. The number of nitrogens with zero attached hydrogens (tertiary/aromatic N) is 1. The fourth-order valence-corrected chi connectivity index (χ4v) is 4.94. The monoisotopic (exact) mass is 404 g/mol. The number of carbonyl (C=O) groups excluding carboxylic acids is 3. The minimum atomic E-state index is -0.822. The Morgan fingerprint density at radius 3 is 2.53 bits per heavy atom. The minimum Gasteiger partial charge on any atom is -0.497 e. The number of imide groups is 1. The summed E-state index contributed by atoms with van der Waals surface area (Å²) in [6, 6.07) is 11.5. The van der Waals surface area contributed by atoms with E-state index in [0.717, 1.165) is 11.1 Å². The van der Waals surface area contributed by atoms with E-state index in [-0.39, 0.29) is 17.7 Å². The van der Waals surface area contributed by atoms with Crippen LogP contribution in [0.4, 0.5) is 0 Å². The third-order valence-electron chi connectivity index (χ3n) is 6.24. The summed E-state index contributed by atoms with van der Waals surface area (Å²) < 4.78 is 10.7. The molecule has 7 heteroatoms. The van der Waals surface area contributed by atoms with Crippen LogP contribution in [0.2, 0.25) is 0 Å². The molecule has 2 fully saturated rings. The first kappa shape index (κ1) is 18.4. The molecule has 2 aromatic carbocycles. The average Bonchev–Trinajstić information content (AvgIpc) is 3.27. The molecule has 0 aromatic heterocycles. The Morgan fingerprint density at radius 2 is 1.77 bits per heavy atom. The third-order valence-corrected chi connectivity index (χ3v) is 6.24. The van der Waals surface area contributed by atoms with Gasteiger partial charge in [-0.25, -0.2) is 0 Å². The molecule has 30 heavy (non-hydrogen) atoms. The van der Waals surface area contributed by atoms with Crippen LogP contribution in [0, 0.1) is 11.8 Å². The molecule has 2 aromatic rings. The largest absolute Gasteiger partial charge is 0.497 e. The van der Waals surface area contributed by atoms with E-state index in [1.54, 1.807) is 18.2 Å². The number of ether oxygens (including phenoxy) is 2. The molecule has 2 saturated heterocycles. The number of hydrogen-bond acceptors (Lipinski definition) is 6. The van der Waals surface area contributed by atoms with Crippen molar-refractivity contribution in [2.45, 2.75) is 12.1 Å². The Hall–Kier alpha value is -3.61. The quantitative estimate of drug-likeness (QED) is 0.621. The topological polar surface area (TPSA) is 84.9 Å². The van der Waals surface area contributed by atoms with Gasteiger partial charge in [-0.15, -0.1) is 0 Å². The number of benzene rings is 2. The van der Waals surface area contributed by atoms with Crippen molar-refractivity contribution in [2.75, 3.05) is 14.2 Å². The first-order valence-corrected chi connectivity index (χ1v) is 9.70.